The summed E-state index contributed by atoms with van der Waals surface area (Å²) >= 11 is 0. The lowest BCUT2D eigenvalue weighted by molar-refractivity contribution is 0.184. The summed E-state index contributed by atoms with van der Waals surface area (Å²) in [6.45, 7) is 2.37. The van der Waals surface area contributed by atoms with Crippen LogP contribution in [0.5, 0.6) is 0 Å². The van der Waals surface area contributed by atoms with Crippen molar-refractivity contribution in [3.05, 3.63) is 83.4 Å². The van der Waals surface area contributed by atoms with Crippen molar-refractivity contribution in [2.45, 2.75) is 75.5 Å². The second kappa shape index (κ2) is 9.39. The van der Waals surface area contributed by atoms with Crippen molar-refractivity contribution in [1.29, 1.82) is 0 Å². The first-order valence-electron chi connectivity index (χ1n) is 13.1. The molecule has 0 saturated carbocycles. The summed E-state index contributed by atoms with van der Waals surface area (Å²) in [6.07, 6.45) is 14.6. The standard InChI is InChI=1S/C30H34F2N2/c31-25-7-3-21(4-8-25)23-17-27-11-12-28(18-23)33(27)15-1-2-16-34-29-13-14-30(34)20-24(19-29)22-5-9-26(32)10-6-22/h3-10,17,19,27-30H,1-2,11-16,18,20H2. The number of rotatable bonds is 7. The Bertz CT molecular complexity index is 984. The molecule has 6 rings (SSSR count). The van der Waals surface area contributed by atoms with E-state index in [-0.39, 0.29) is 11.6 Å². The van der Waals surface area contributed by atoms with E-state index in [9.17, 15) is 8.78 Å². The van der Waals surface area contributed by atoms with Crippen molar-refractivity contribution in [2.24, 2.45) is 0 Å². The molecule has 2 fully saturated rings. The van der Waals surface area contributed by atoms with Crippen molar-refractivity contribution in [3.8, 4) is 0 Å². The van der Waals surface area contributed by atoms with Crippen molar-refractivity contribution < 1.29 is 8.78 Å². The Morgan fingerprint density at radius 1 is 0.588 bits per heavy atom. The third kappa shape index (κ3) is 4.38. The van der Waals surface area contributed by atoms with Gasteiger partial charge in [-0.15, -0.1) is 0 Å². The van der Waals surface area contributed by atoms with Gasteiger partial charge in [0.25, 0.3) is 0 Å². The van der Waals surface area contributed by atoms with E-state index >= 15 is 0 Å². The second-order valence-electron chi connectivity index (χ2n) is 10.6. The van der Waals surface area contributed by atoms with Crippen LogP contribution in [0, 0.1) is 11.6 Å². The largest absolute Gasteiger partial charge is 0.294 e. The summed E-state index contributed by atoms with van der Waals surface area (Å²) < 4.78 is 26.6. The molecule has 0 N–H and O–H groups in total. The van der Waals surface area contributed by atoms with E-state index in [1.165, 1.54) is 73.9 Å². The van der Waals surface area contributed by atoms with Gasteiger partial charge in [-0.3, -0.25) is 9.80 Å². The van der Waals surface area contributed by atoms with Crippen LogP contribution in [0.3, 0.4) is 0 Å². The molecular weight excluding hydrogens is 426 g/mol. The van der Waals surface area contributed by atoms with Gasteiger partial charge in [-0.1, -0.05) is 36.4 Å². The Morgan fingerprint density at radius 3 is 1.38 bits per heavy atom. The molecule has 0 aromatic heterocycles. The molecule has 0 amide bonds. The molecule has 4 heteroatoms. The van der Waals surface area contributed by atoms with Crippen molar-refractivity contribution in [1.82, 2.24) is 9.80 Å². The van der Waals surface area contributed by atoms with E-state index in [0.717, 1.165) is 12.8 Å². The van der Waals surface area contributed by atoms with E-state index in [2.05, 4.69) is 22.0 Å². The van der Waals surface area contributed by atoms with Crippen LogP contribution in [0.15, 0.2) is 60.7 Å². The number of halogens is 2. The molecule has 34 heavy (non-hydrogen) atoms. The van der Waals surface area contributed by atoms with Crippen molar-refractivity contribution >= 4 is 11.1 Å². The number of unbranched alkanes of at least 4 members (excludes halogenated alkanes) is 1. The molecule has 0 aliphatic carbocycles. The van der Waals surface area contributed by atoms with Gasteiger partial charge >= 0.3 is 0 Å². The predicted octanol–water partition coefficient (Wildman–Crippen LogP) is 6.69. The van der Waals surface area contributed by atoms with Gasteiger partial charge in [-0.05, 0) is 111 Å². The zero-order valence-electron chi connectivity index (χ0n) is 19.8. The molecule has 4 atom stereocenters. The van der Waals surface area contributed by atoms with Gasteiger partial charge in [0.05, 0.1) is 0 Å². The SMILES string of the molecule is Fc1ccc(C2=CC3CCC(C2)N3CCCCN2C3C=C(c4ccc(F)cc4)CC2CC3)cc1. The smallest absolute Gasteiger partial charge is 0.123 e. The summed E-state index contributed by atoms with van der Waals surface area (Å²) in [4.78, 5) is 5.45. The Balaban J connectivity index is 1.02. The van der Waals surface area contributed by atoms with Crippen molar-refractivity contribution in [2.75, 3.05) is 13.1 Å². The molecular formula is C30H34F2N2. The number of hydrogen-bond acceptors (Lipinski definition) is 2. The lowest BCUT2D eigenvalue weighted by Crippen LogP contribution is -2.40. The topological polar surface area (TPSA) is 6.48 Å². The minimum Gasteiger partial charge on any atom is -0.294 e. The van der Waals surface area contributed by atoms with Crippen LogP contribution in [-0.2, 0) is 0 Å². The molecule has 2 aromatic rings. The number of hydrogen-bond donors (Lipinski definition) is 0. The fraction of sp³-hybridized carbons (Fsp3) is 0.467. The van der Waals surface area contributed by atoms with E-state index in [0.29, 0.717) is 24.2 Å². The molecule has 4 bridgehead atoms. The molecule has 2 aromatic carbocycles. The summed E-state index contributed by atoms with van der Waals surface area (Å²) in [5, 5.41) is 0. The zero-order chi connectivity index (χ0) is 23.1. The lowest BCUT2D eigenvalue weighted by atomic mass is 9.94. The van der Waals surface area contributed by atoms with Crippen LogP contribution in [0.4, 0.5) is 8.78 Å². The second-order valence-corrected chi connectivity index (χ2v) is 10.6. The third-order valence-corrected chi connectivity index (χ3v) is 8.59. The van der Waals surface area contributed by atoms with E-state index in [1.807, 2.05) is 24.3 Å². The molecule has 2 nitrogen and oxygen atoms in total. The van der Waals surface area contributed by atoms with Gasteiger partial charge in [-0.25, -0.2) is 8.78 Å². The molecule has 2 saturated heterocycles. The Labute approximate surface area is 202 Å². The first-order chi connectivity index (χ1) is 16.6. The molecule has 4 heterocycles. The molecule has 4 aliphatic heterocycles. The number of nitrogens with zero attached hydrogens (tertiary/aromatic N) is 2. The highest BCUT2D eigenvalue weighted by molar-refractivity contribution is 5.68. The van der Waals surface area contributed by atoms with Crippen LogP contribution in [0.25, 0.3) is 11.1 Å². The average Bonchev–Trinajstić information content (AvgIpc) is 3.21. The highest BCUT2D eigenvalue weighted by Crippen LogP contribution is 2.40. The molecule has 0 radical (unpaired) electrons. The first kappa shape index (κ1) is 22.2. The maximum absolute atomic E-state index is 13.3. The maximum Gasteiger partial charge on any atom is 0.123 e. The molecule has 0 spiro atoms. The van der Waals surface area contributed by atoms with Gasteiger partial charge in [0.15, 0.2) is 0 Å². The van der Waals surface area contributed by atoms with Crippen molar-refractivity contribution in [3.63, 3.8) is 0 Å². The average molecular weight is 461 g/mol. The predicted molar refractivity (Wildman–Crippen MR) is 134 cm³/mol. The minimum absolute atomic E-state index is 0.158. The molecule has 4 aliphatic rings. The fourth-order valence-corrected chi connectivity index (χ4v) is 6.88. The first-order valence-corrected chi connectivity index (χ1v) is 13.1. The Kier molecular flexibility index (Phi) is 6.13. The van der Waals surface area contributed by atoms with E-state index in [1.54, 1.807) is 24.3 Å². The Morgan fingerprint density at radius 2 is 1.00 bits per heavy atom. The van der Waals surface area contributed by atoms with Gasteiger partial charge in [-0.2, -0.15) is 0 Å². The monoisotopic (exact) mass is 460 g/mol. The van der Waals surface area contributed by atoms with Crippen LogP contribution in [0.2, 0.25) is 0 Å². The number of fused-ring (bicyclic) bond motifs is 4. The highest BCUT2D eigenvalue weighted by Gasteiger charge is 2.38. The van der Waals surface area contributed by atoms with Crippen LogP contribution in [-0.4, -0.2) is 47.1 Å². The van der Waals surface area contributed by atoms with E-state index in [4.69, 9.17) is 0 Å². The quantitative estimate of drug-likeness (QED) is 0.425. The molecule has 178 valence electrons. The van der Waals surface area contributed by atoms with E-state index < -0.39 is 0 Å². The highest BCUT2D eigenvalue weighted by atomic mass is 19.1. The summed E-state index contributed by atoms with van der Waals surface area (Å²) in [7, 11) is 0. The van der Waals surface area contributed by atoms with Gasteiger partial charge in [0.2, 0.25) is 0 Å². The fourth-order valence-electron chi connectivity index (χ4n) is 6.88. The summed E-state index contributed by atoms with van der Waals surface area (Å²) in [5.41, 5.74) is 5.17. The molecule has 4 unspecified atom stereocenters. The maximum atomic E-state index is 13.3. The third-order valence-electron chi connectivity index (χ3n) is 8.59. The Hall–Kier alpha value is -2.30. The van der Waals surface area contributed by atoms with Crippen LogP contribution < -0.4 is 0 Å². The lowest BCUT2D eigenvalue weighted by Gasteiger charge is -2.36. The van der Waals surface area contributed by atoms with Gasteiger partial charge in [0, 0.05) is 24.2 Å². The summed E-state index contributed by atoms with van der Waals surface area (Å²) in [6, 6.07) is 16.4. The van der Waals surface area contributed by atoms with Crippen LogP contribution >= 0.6 is 0 Å². The summed E-state index contributed by atoms with van der Waals surface area (Å²) in [5.74, 6) is -0.317. The zero-order valence-corrected chi connectivity index (χ0v) is 19.8. The number of benzene rings is 2. The van der Waals surface area contributed by atoms with Gasteiger partial charge in [0.1, 0.15) is 11.6 Å². The van der Waals surface area contributed by atoms with Gasteiger partial charge < -0.3 is 0 Å². The van der Waals surface area contributed by atoms with Crippen LogP contribution in [0.1, 0.15) is 62.5 Å². The minimum atomic E-state index is -0.158. The normalized spacial score (nSPS) is 28.8.